The van der Waals surface area contributed by atoms with Gasteiger partial charge in [-0.2, -0.15) is 4.91 Å². The smallest absolute Gasteiger partial charge is 0.0920 e. The first-order valence-corrected chi connectivity index (χ1v) is 5.04. The number of hydrogen-bond donors (Lipinski definition) is 0. The van der Waals surface area contributed by atoms with Gasteiger partial charge in [0.25, 0.3) is 0 Å². The minimum absolute atomic E-state index is 0.133. The van der Waals surface area contributed by atoms with Gasteiger partial charge in [-0.25, -0.2) is 0 Å². The molecule has 0 atom stereocenters. The third kappa shape index (κ3) is 2.92. The first-order valence-electron chi connectivity index (χ1n) is 5.04. The maximum atomic E-state index is 10.2. The van der Waals surface area contributed by atoms with Crippen LogP contribution in [0.3, 0.4) is 0 Å². The van der Waals surface area contributed by atoms with E-state index in [0.717, 1.165) is 24.7 Å². The summed E-state index contributed by atoms with van der Waals surface area (Å²) in [7, 11) is 0. The zero-order valence-corrected chi connectivity index (χ0v) is 8.12. The van der Waals surface area contributed by atoms with Crippen LogP contribution in [0.15, 0.2) is 5.18 Å². The van der Waals surface area contributed by atoms with Crippen molar-refractivity contribution in [1.82, 2.24) is 0 Å². The molecule has 0 amide bonds. The molecule has 0 spiro atoms. The van der Waals surface area contributed by atoms with E-state index in [0.29, 0.717) is 0 Å². The SMILES string of the molecule is CC(C)CC1CCC(N=O)CC1. The monoisotopic (exact) mass is 169 g/mol. The lowest BCUT2D eigenvalue weighted by Gasteiger charge is -2.25. The lowest BCUT2D eigenvalue weighted by atomic mass is 9.82. The van der Waals surface area contributed by atoms with Crippen LogP contribution in [0.1, 0.15) is 46.0 Å². The molecule has 0 unspecified atom stereocenters. The highest BCUT2D eigenvalue weighted by molar-refractivity contribution is 4.76. The molecular weight excluding hydrogens is 150 g/mol. The highest BCUT2D eigenvalue weighted by Gasteiger charge is 2.21. The summed E-state index contributed by atoms with van der Waals surface area (Å²) in [4.78, 5) is 10.2. The molecule has 0 heterocycles. The average molecular weight is 169 g/mol. The Kier molecular flexibility index (Phi) is 3.70. The summed E-state index contributed by atoms with van der Waals surface area (Å²) in [5.41, 5.74) is 0. The van der Waals surface area contributed by atoms with E-state index in [9.17, 15) is 4.91 Å². The molecular formula is C10H19NO. The summed E-state index contributed by atoms with van der Waals surface area (Å²) in [5, 5.41) is 3.11. The van der Waals surface area contributed by atoms with Crippen LogP contribution in [-0.2, 0) is 0 Å². The Bertz CT molecular complexity index is 137. The van der Waals surface area contributed by atoms with Crippen molar-refractivity contribution in [2.24, 2.45) is 17.0 Å². The third-order valence-corrected chi connectivity index (χ3v) is 2.77. The zero-order valence-electron chi connectivity index (χ0n) is 8.12. The zero-order chi connectivity index (χ0) is 8.97. The average Bonchev–Trinajstić information content (AvgIpc) is 2.05. The van der Waals surface area contributed by atoms with Crippen molar-refractivity contribution in [3.63, 3.8) is 0 Å². The maximum Gasteiger partial charge on any atom is 0.0920 e. The van der Waals surface area contributed by atoms with E-state index < -0.39 is 0 Å². The Labute approximate surface area is 74.7 Å². The summed E-state index contributed by atoms with van der Waals surface area (Å²) in [5.74, 6) is 1.67. The van der Waals surface area contributed by atoms with Gasteiger partial charge in [0.1, 0.15) is 0 Å². The molecule has 0 N–H and O–H groups in total. The minimum Gasteiger partial charge on any atom is -0.151 e. The van der Waals surface area contributed by atoms with Crippen LogP contribution in [0.5, 0.6) is 0 Å². The highest BCUT2D eigenvalue weighted by atomic mass is 16.3. The molecule has 1 aliphatic carbocycles. The summed E-state index contributed by atoms with van der Waals surface area (Å²) >= 11 is 0. The first kappa shape index (κ1) is 9.69. The highest BCUT2D eigenvalue weighted by Crippen LogP contribution is 2.30. The van der Waals surface area contributed by atoms with Crippen molar-refractivity contribution in [1.29, 1.82) is 0 Å². The lowest BCUT2D eigenvalue weighted by Crippen LogP contribution is -2.17. The largest absolute Gasteiger partial charge is 0.151 e. The van der Waals surface area contributed by atoms with E-state index >= 15 is 0 Å². The molecule has 0 aromatic rings. The van der Waals surface area contributed by atoms with Crippen LogP contribution < -0.4 is 0 Å². The van der Waals surface area contributed by atoms with Gasteiger partial charge in [-0.15, -0.1) is 0 Å². The van der Waals surface area contributed by atoms with Gasteiger partial charge < -0.3 is 0 Å². The van der Waals surface area contributed by atoms with Crippen LogP contribution in [-0.4, -0.2) is 6.04 Å². The van der Waals surface area contributed by atoms with Gasteiger partial charge >= 0.3 is 0 Å². The van der Waals surface area contributed by atoms with Gasteiger partial charge in [-0.05, 0) is 43.9 Å². The van der Waals surface area contributed by atoms with Gasteiger partial charge in [0.2, 0.25) is 0 Å². The second-order valence-electron chi connectivity index (χ2n) is 4.41. The third-order valence-electron chi connectivity index (χ3n) is 2.77. The molecule has 0 bridgehead atoms. The van der Waals surface area contributed by atoms with Crippen LogP contribution >= 0.6 is 0 Å². The van der Waals surface area contributed by atoms with Gasteiger partial charge in [0.05, 0.1) is 6.04 Å². The van der Waals surface area contributed by atoms with E-state index in [1.807, 2.05) is 0 Å². The van der Waals surface area contributed by atoms with Crippen molar-refractivity contribution < 1.29 is 0 Å². The van der Waals surface area contributed by atoms with Crippen molar-refractivity contribution >= 4 is 0 Å². The molecule has 12 heavy (non-hydrogen) atoms. The van der Waals surface area contributed by atoms with Crippen LogP contribution in [0, 0.1) is 16.7 Å². The fraction of sp³-hybridized carbons (Fsp3) is 1.00. The van der Waals surface area contributed by atoms with Gasteiger partial charge in [0.15, 0.2) is 0 Å². The molecule has 0 aliphatic heterocycles. The van der Waals surface area contributed by atoms with Gasteiger partial charge in [-0.1, -0.05) is 19.0 Å². The molecule has 70 valence electrons. The molecule has 0 aromatic heterocycles. The van der Waals surface area contributed by atoms with Crippen molar-refractivity contribution in [2.75, 3.05) is 0 Å². The normalized spacial score (nSPS) is 30.6. The topological polar surface area (TPSA) is 29.4 Å². The molecule has 0 radical (unpaired) electrons. The Balaban J connectivity index is 2.21. The molecule has 0 aromatic carbocycles. The van der Waals surface area contributed by atoms with Crippen LogP contribution in [0.4, 0.5) is 0 Å². The molecule has 2 nitrogen and oxygen atoms in total. The summed E-state index contributed by atoms with van der Waals surface area (Å²) in [6.07, 6.45) is 5.82. The number of nitrogens with zero attached hydrogens (tertiary/aromatic N) is 1. The van der Waals surface area contributed by atoms with Gasteiger partial charge in [-0.3, -0.25) is 0 Å². The Morgan fingerprint density at radius 1 is 1.25 bits per heavy atom. The van der Waals surface area contributed by atoms with E-state index in [2.05, 4.69) is 19.0 Å². The number of rotatable bonds is 3. The standard InChI is InChI=1S/C10H19NO/c1-8(2)7-9-3-5-10(11-12)6-4-9/h8-10H,3-7H2,1-2H3. The predicted octanol–water partition coefficient (Wildman–Crippen LogP) is 3.36. The van der Waals surface area contributed by atoms with E-state index in [1.54, 1.807) is 0 Å². The van der Waals surface area contributed by atoms with E-state index in [1.165, 1.54) is 19.3 Å². The molecule has 2 heteroatoms. The lowest BCUT2D eigenvalue weighted by molar-refractivity contribution is 0.283. The van der Waals surface area contributed by atoms with Crippen molar-refractivity contribution in [2.45, 2.75) is 52.0 Å². The fourth-order valence-electron chi connectivity index (χ4n) is 2.15. The number of hydrogen-bond acceptors (Lipinski definition) is 2. The second kappa shape index (κ2) is 4.58. The van der Waals surface area contributed by atoms with Crippen LogP contribution in [0.25, 0.3) is 0 Å². The van der Waals surface area contributed by atoms with Crippen molar-refractivity contribution in [3.05, 3.63) is 4.91 Å². The van der Waals surface area contributed by atoms with E-state index in [-0.39, 0.29) is 6.04 Å². The Morgan fingerprint density at radius 3 is 2.25 bits per heavy atom. The Hall–Kier alpha value is -0.400. The first-order chi connectivity index (χ1) is 5.72. The molecule has 0 saturated heterocycles. The van der Waals surface area contributed by atoms with Crippen LogP contribution in [0.2, 0.25) is 0 Å². The van der Waals surface area contributed by atoms with E-state index in [4.69, 9.17) is 0 Å². The molecule has 1 aliphatic rings. The predicted molar refractivity (Wildman–Crippen MR) is 51.0 cm³/mol. The van der Waals surface area contributed by atoms with Crippen molar-refractivity contribution in [3.8, 4) is 0 Å². The summed E-state index contributed by atoms with van der Waals surface area (Å²) < 4.78 is 0. The molecule has 1 saturated carbocycles. The second-order valence-corrected chi connectivity index (χ2v) is 4.41. The quantitative estimate of drug-likeness (QED) is 0.596. The minimum atomic E-state index is 0.133. The summed E-state index contributed by atoms with van der Waals surface area (Å²) in [6.45, 7) is 4.54. The summed E-state index contributed by atoms with van der Waals surface area (Å²) in [6, 6.07) is 0.133. The molecule has 1 rings (SSSR count). The maximum absolute atomic E-state index is 10.2. The van der Waals surface area contributed by atoms with Gasteiger partial charge in [0, 0.05) is 0 Å². The number of nitroso groups, excluding NO2 is 1. The molecule has 1 fully saturated rings. The fourth-order valence-corrected chi connectivity index (χ4v) is 2.15. The Morgan fingerprint density at radius 2 is 1.83 bits per heavy atom.